The first-order valence-corrected chi connectivity index (χ1v) is 11.9. The lowest BCUT2D eigenvalue weighted by atomic mass is 10.1. The monoisotopic (exact) mass is 458 g/mol. The van der Waals surface area contributed by atoms with Crippen LogP contribution in [-0.4, -0.2) is 51.6 Å². The van der Waals surface area contributed by atoms with E-state index >= 15 is 0 Å². The smallest absolute Gasteiger partial charge is 0.324 e. The number of benzene rings is 2. The van der Waals surface area contributed by atoms with E-state index < -0.39 is 12.3 Å². The lowest BCUT2D eigenvalue weighted by Gasteiger charge is -2.34. The molecule has 0 unspecified atom stereocenters. The van der Waals surface area contributed by atoms with Crippen LogP contribution in [0.1, 0.15) is 23.4 Å². The van der Waals surface area contributed by atoms with Crippen LogP contribution in [0, 0.1) is 6.92 Å². The molecule has 0 bridgehead atoms. The standard InChI is InChI=1S/C23H24F2N4O2S/c1-16-4-3-5-19(14-16)29(23(30)28-10-12-32(2)13-11-28)15-17-6-8-18(9-7-17)21-26-27-22(31-21)20(24)25/h3-9,14,20H,2,10-13,15H2,1H3. The van der Waals surface area contributed by atoms with Crippen LogP contribution in [0.15, 0.2) is 52.9 Å². The molecular weight excluding hydrogens is 434 g/mol. The molecule has 0 atom stereocenters. The SMILES string of the molecule is C=S1CCN(C(=O)N(Cc2ccc(-c3nnc(C(F)F)o3)cc2)c2cccc(C)c2)CC1. The number of nitrogens with zero attached hydrogens (tertiary/aromatic N) is 4. The minimum atomic E-state index is -2.81. The zero-order valence-corrected chi connectivity index (χ0v) is 18.5. The van der Waals surface area contributed by atoms with Gasteiger partial charge in [0.1, 0.15) is 0 Å². The van der Waals surface area contributed by atoms with Gasteiger partial charge in [0.25, 0.3) is 5.89 Å². The molecule has 1 saturated heterocycles. The Morgan fingerprint density at radius 2 is 1.91 bits per heavy atom. The maximum atomic E-state index is 13.4. The molecule has 1 aromatic heterocycles. The van der Waals surface area contributed by atoms with Crippen molar-refractivity contribution >= 4 is 28.1 Å². The lowest BCUT2D eigenvalue weighted by molar-refractivity contribution is 0.116. The number of rotatable bonds is 5. The van der Waals surface area contributed by atoms with Crippen molar-refractivity contribution < 1.29 is 18.0 Å². The molecule has 6 nitrogen and oxygen atoms in total. The second kappa shape index (κ2) is 9.60. The molecule has 1 fully saturated rings. The summed E-state index contributed by atoms with van der Waals surface area (Å²) in [5.41, 5.74) is 3.34. The van der Waals surface area contributed by atoms with E-state index in [-0.39, 0.29) is 22.4 Å². The van der Waals surface area contributed by atoms with Crippen molar-refractivity contribution in [2.24, 2.45) is 0 Å². The molecule has 0 aliphatic carbocycles. The van der Waals surface area contributed by atoms with E-state index in [2.05, 4.69) is 16.1 Å². The van der Waals surface area contributed by atoms with Gasteiger partial charge in [0.2, 0.25) is 5.89 Å². The first kappa shape index (κ1) is 22.1. The second-order valence-electron chi connectivity index (χ2n) is 7.66. The topological polar surface area (TPSA) is 62.5 Å². The van der Waals surface area contributed by atoms with Gasteiger partial charge in [0.05, 0.1) is 6.54 Å². The van der Waals surface area contributed by atoms with Crippen LogP contribution in [0.2, 0.25) is 0 Å². The average molecular weight is 459 g/mol. The largest absolute Gasteiger partial charge is 0.415 e. The number of carbonyl (C=O) groups excluding carboxylic acids is 1. The highest BCUT2D eigenvalue weighted by Crippen LogP contribution is 2.26. The number of aryl methyl sites for hydroxylation is 1. The molecule has 3 aromatic rings. The summed E-state index contributed by atoms with van der Waals surface area (Å²) in [6.45, 7) is 3.78. The van der Waals surface area contributed by atoms with Crippen LogP contribution in [0.3, 0.4) is 0 Å². The Hall–Kier alpha value is -3.07. The highest BCUT2D eigenvalue weighted by molar-refractivity contribution is 8.14. The van der Waals surface area contributed by atoms with Gasteiger partial charge in [-0.1, -0.05) is 30.1 Å². The van der Waals surface area contributed by atoms with Gasteiger partial charge in [-0.2, -0.15) is 19.3 Å². The van der Waals surface area contributed by atoms with E-state index in [1.165, 1.54) is 0 Å². The van der Waals surface area contributed by atoms with Gasteiger partial charge in [0, 0.05) is 35.8 Å². The Labute approximate surface area is 187 Å². The predicted octanol–water partition coefficient (Wildman–Crippen LogP) is 5.13. The first-order chi connectivity index (χ1) is 15.4. The van der Waals surface area contributed by atoms with Crippen molar-refractivity contribution in [2.45, 2.75) is 19.9 Å². The fourth-order valence-electron chi connectivity index (χ4n) is 3.49. The Bertz CT molecular complexity index is 1110. The van der Waals surface area contributed by atoms with Crippen molar-refractivity contribution in [2.75, 3.05) is 29.5 Å². The van der Waals surface area contributed by atoms with Crippen molar-refractivity contribution in [1.82, 2.24) is 15.1 Å². The van der Waals surface area contributed by atoms with Gasteiger partial charge in [-0.3, -0.25) is 4.90 Å². The summed E-state index contributed by atoms with van der Waals surface area (Å²) in [6, 6.07) is 14.9. The number of carbonyl (C=O) groups is 1. The van der Waals surface area contributed by atoms with Crippen molar-refractivity contribution in [3.05, 3.63) is 65.5 Å². The number of aromatic nitrogens is 2. The molecule has 0 saturated carbocycles. The van der Waals surface area contributed by atoms with Gasteiger partial charge >= 0.3 is 12.5 Å². The molecule has 32 heavy (non-hydrogen) atoms. The molecule has 1 aliphatic rings. The normalized spacial score (nSPS) is 14.7. The summed E-state index contributed by atoms with van der Waals surface area (Å²) >= 11 is 0. The molecule has 1 aliphatic heterocycles. The van der Waals surface area contributed by atoms with E-state index in [0.29, 0.717) is 25.2 Å². The summed E-state index contributed by atoms with van der Waals surface area (Å²) < 4.78 is 30.4. The second-order valence-corrected chi connectivity index (χ2v) is 9.70. The molecule has 4 rings (SSSR count). The van der Waals surface area contributed by atoms with Crippen LogP contribution in [0.25, 0.3) is 11.5 Å². The van der Waals surface area contributed by atoms with Crippen molar-refractivity contribution in [3.63, 3.8) is 0 Å². The highest BCUT2D eigenvalue weighted by Gasteiger charge is 2.25. The Balaban J connectivity index is 1.56. The molecule has 2 amide bonds. The Morgan fingerprint density at radius 1 is 1.19 bits per heavy atom. The third kappa shape index (κ3) is 5.04. The van der Waals surface area contributed by atoms with Gasteiger partial charge in [-0.15, -0.1) is 10.2 Å². The molecule has 0 spiro atoms. The maximum Gasteiger partial charge on any atom is 0.324 e. The summed E-state index contributed by atoms with van der Waals surface area (Å²) in [6.07, 6.45) is -2.81. The van der Waals surface area contributed by atoms with Crippen LogP contribution in [0.5, 0.6) is 0 Å². The van der Waals surface area contributed by atoms with Crippen molar-refractivity contribution in [3.8, 4) is 11.5 Å². The number of hydrogen-bond donors (Lipinski definition) is 0. The molecule has 2 aromatic carbocycles. The van der Waals surface area contributed by atoms with Gasteiger partial charge < -0.3 is 9.32 Å². The molecular formula is C23H24F2N4O2S. The number of hydrogen-bond acceptors (Lipinski definition) is 4. The Kier molecular flexibility index (Phi) is 6.64. The average Bonchev–Trinajstić information content (AvgIpc) is 3.29. The number of amides is 2. The van der Waals surface area contributed by atoms with E-state index in [4.69, 9.17) is 4.42 Å². The van der Waals surface area contributed by atoms with Crippen LogP contribution >= 0.6 is 10.5 Å². The lowest BCUT2D eigenvalue weighted by Crippen LogP contribution is -2.47. The summed E-state index contributed by atoms with van der Waals surface area (Å²) in [7, 11) is 0.122. The van der Waals surface area contributed by atoms with E-state index in [9.17, 15) is 13.6 Å². The van der Waals surface area contributed by atoms with E-state index in [1.807, 2.05) is 48.2 Å². The molecule has 9 heteroatoms. The van der Waals surface area contributed by atoms with E-state index in [1.54, 1.807) is 17.0 Å². The number of anilines is 1. The Morgan fingerprint density at radius 3 is 2.53 bits per heavy atom. The number of halogens is 2. The van der Waals surface area contributed by atoms with Crippen molar-refractivity contribution in [1.29, 1.82) is 0 Å². The third-order valence-corrected chi connectivity index (χ3v) is 6.80. The minimum absolute atomic E-state index is 0.0325. The predicted molar refractivity (Wildman–Crippen MR) is 123 cm³/mol. The quantitative estimate of drug-likeness (QED) is 0.498. The highest BCUT2D eigenvalue weighted by atomic mass is 32.2. The minimum Gasteiger partial charge on any atom is -0.415 e. The molecule has 2 heterocycles. The zero-order valence-electron chi connectivity index (χ0n) is 17.7. The van der Waals surface area contributed by atoms with E-state index in [0.717, 1.165) is 28.3 Å². The summed E-state index contributed by atoms with van der Waals surface area (Å²) in [4.78, 5) is 17.1. The fraction of sp³-hybridized carbons (Fsp3) is 0.304. The van der Waals surface area contributed by atoms with Crippen LogP contribution < -0.4 is 4.90 Å². The maximum absolute atomic E-state index is 13.4. The van der Waals surface area contributed by atoms with Gasteiger partial charge in [-0.25, -0.2) is 4.79 Å². The first-order valence-electron chi connectivity index (χ1n) is 10.2. The van der Waals surface area contributed by atoms with Crippen LogP contribution in [0.4, 0.5) is 19.3 Å². The molecule has 0 N–H and O–H groups in total. The summed E-state index contributed by atoms with van der Waals surface area (Å²) in [5.74, 6) is 5.32. The molecule has 0 radical (unpaired) electrons. The zero-order chi connectivity index (χ0) is 22.7. The number of urea groups is 1. The third-order valence-electron chi connectivity index (χ3n) is 5.28. The summed E-state index contributed by atoms with van der Waals surface area (Å²) in [5, 5.41) is 7.04. The van der Waals surface area contributed by atoms with Gasteiger partial charge in [-0.05, 0) is 42.3 Å². The molecule has 168 valence electrons. The number of alkyl halides is 2. The van der Waals surface area contributed by atoms with Crippen LogP contribution in [-0.2, 0) is 6.54 Å². The fourth-order valence-corrected chi connectivity index (χ4v) is 4.66. The van der Waals surface area contributed by atoms with Gasteiger partial charge in [0.15, 0.2) is 0 Å².